The number of nitrogens with zero attached hydrogens (tertiary/aromatic N) is 1. The van der Waals surface area contributed by atoms with Gasteiger partial charge in [0, 0.05) is 32.0 Å². The van der Waals surface area contributed by atoms with Crippen molar-refractivity contribution in [3.63, 3.8) is 0 Å². The Labute approximate surface area is 206 Å². The molecule has 2 amide bonds. The zero-order chi connectivity index (χ0) is 25.0. The van der Waals surface area contributed by atoms with Crippen molar-refractivity contribution in [1.29, 1.82) is 0 Å². The third-order valence-electron chi connectivity index (χ3n) is 7.76. The Morgan fingerprint density at radius 1 is 1.09 bits per heavy atom. The van der Waals surface area contributed by atoms with Crippen molar-refractivity contribution in [3.05, 3.63) is 59.7 Å². The van der Waals surface area contributed by atoms with Crippen LogP contribution in [-0.4, -0.2) is 54.2 Å². The van der Waals surface area contributed by atoms with E-state index < -0.39 is 17.5 Å². The Bertz CT molecular complexity index is 1050. The van der Waals surface area contributed by atoms with Gasteiger partial charge in [0.05, 0.1) is 5.41 Å². The summed E-state index contributed by atoms with van der Waals surface area (Å²) in [5.74, 6) is -0.925. The van der Waals surface area contributed by atoms with Crippen molar-refractivity contribution in [3.8, 4) is 11.1 Å². The number of amides is 2. The summed E-state index contributed by atoms with van der Waals surface area (Å²) in [5, 5.41) is 12.4. The minimum absolute atomic E-state index is 0.0000612. The van der Waals surface area contributed by atoms with Gasteiger partial charge in [0.1, 0.15) is 6.61 Å². The summed E-state index contributed by atoms with van der Waals surface area (Å²) >= 11 is 0. The molecule has 2 unspecified atom stereocenters. The molecule has 2 aromatic carbocycles. The van der Waals surface area contributed by atoms with Crippen LogP contribution in [0.3, 0.4) is 0 Å². The Kier molecular flexibility index (Phi) is 7.43. The first-order chi connectivity index (χ1) is 16.9. The van der Waals surface area contributed by atoms with Gasteiger partial charge in [-0.2, -0.15) is 0 Å². The highest BCUT2D eigenvalue weighted by Gasteiger charge is 2.44. The van der Waals surface area contributed by atoms with Gasteiger partial charge in [0.25, 0.3) is 0 Å². The lowest BCUT2D eigenvalue weighted by Gasteiger charge is -2.24. The van der Waals surface area contributed by atoms with E-state index in [2.05, 4.69) is 29.6 Å². The van der Waals surface area contributed by atoms with Crippen LogP contribution in [0.5, 0.6) is 0 Å². The molecule has 1 heterocycles. The minimum atomic E-state index is -0.836. The highest BCUT2D eigenvalue weighted by atomic mass is 16.5. The summed E-state index contributed by atoms with van der Waals surface area (Å²) in [6.07, 6.45) is 1.50. The maximum atomic E-state index is 12.8. The van der Waals surface area contributed by atoms with Gasteiger partial charge >= 0.3 is 12.1 Å². The predicted octanol–water partition coefficient (Wildman–Crippen LogP) is 4.65. The van der Waals surface area contributed by atoms with Crippen molar-refractivity contribution in [2.24, 2.45) is 11.3 Å². The maximum Gasteiger partial charge on any atom is 0.407 e. The molecule has 1 fully saturated rings. The number of likely N-dealkylation sites (tertiary alicyclic amines) is 1. The van der Waals surface area contributed by atoms with Crippen LogP contribution in [0.1, 0.15) is 56.6 Å². The molecule has 2 N–H and O–H groups in total. The standard InChI is InChI=1S/C28H34N2O5/c1-3-19(15-25(31)30-14-13-28(4-2,18-30)26(32)33)16-29-27(34)35-17-24-22-11-7-5-9-20(22)21-10-6-8-12-23(21)24/h5-12,19,24H,3-4,13-18H2,1-2H3,(H,29,34)(H,32,33). The first-order valence-corrected chi connectivity index (χ1v) is 12.5. The molecule has 0 saturated carbocycles. The molecular formula is C28H34N2O5. The van der Waals surface area contributed by atoms with E-state index >= 15 is 0 Å². The van der Waals surface area contributed by atoms with E-state index in [1.54, 1.807) is 4.90 Å². The topological polar surface area (TPSA) is 95.9 Å². The summed E-state index contributed by atoms with van der Waals surface area (Å²) in [6.45, 7) is 5.15. The SMILES string of the molecule is CCC(CNC(=O)OCC1c2ccccc2-c2ccccc21)CC(=O)N1CCC(CC)(C(=O)O)C1. The molecule has 186 valence electrons. The molecule has 0 aromatic heterocycles. The smallest absolute Gasteiger partial charge is 0.407 e. The lowest BCUT2D eigenvalue weighted by Crippen LogP contribution is -2.38. The van der Waals surface area contributed by atoms with Gasteiger partial charge in [-0.1, -0.05) is 68.8 Å². The van der Waals surface area contributed by atoms with Gasteiger partial charge in [0.2, 0.25) is 5.91 Å². The largest absolute Gasteiger partial charge is 0.481 e. The number of alkyl carbamates (subject to hydrolysis) is 1. The number of rotatable bonds is 9. The molecule has 2 aromatic rings. The van der Waals surface area contributed by atoms with Crippen molar-refractivity contribution in [2.75, 3.05) is 26.2 Å². The molecule has 2 aliphatic rings. The molecular weight excluding hydrogens is 444 g/mol. The Hall–Kier alpha value is -3.35. The molecule has 1 aliphatic heterocycles. The zero-order valence-electron chi connectivity index (χ0n) is 20.5. The molecule has 0 bridgehead atoms. The maximum absolute atomic E-state index is 12.8. The molecule has 7 heteroatoms. The summed E-state index contributed by atoms with van der Waals surface area (Å²) in [6, 6.07) is 16.4. The molecule has 2 atom stereocenters. The molecule has 7 nitrogen and oxygen atoms in total. The van der Waals surface area contributed by atoms with Crippen LogP contribution in [0.25, 0.3) is 11.1 Å². The second kappa shape index (κ2) is 10.5. The fraction of sp³-hybridized carbons (Fsp3) is 0.464. The Balaban J connectivity index is 1.28. The molecule has 4 rings (SSSR count). The van der Waals surface area contributed by atoms with Crippen molar-refractivity contribution < 1.29 is 24.2 Å². The first kappa shape index (κ1) is 24.8. The van der Waals surface area contributed by atoms with Crippen LogP contribution in [0.15, 0.2) is 48.5 Å². The number of carbonyl (C=O) groups excluding carboxylic acids is 2. The number of carboxylic acids is 1. The summed E-state index contributed by atoms with van der Waals surface area (Å²) < 4.78 is 5.60. The van der Waals surface area contributed by atoms with Gasteiger partial charge in [-0.25, -0.2) is 4.79 Å². The molecule has 0 spiro atoms. The summed E-state index contributed by atoms with van der Waals surface area (Å²) in [5.41, 5.74) is 3.84. The molecule has 35 heavy (non-hydrogen) atoms. The molecule has 1 aliphatic carbocycles. The predicted molar refractivity (Wildman–Crippen MR) is 133 cm³/mol. The van der Waals surface area contributed by atoms with Crippen LogP contribution in [-0.2, 0) is 14.3 Å². The highest BCUT2D eigenvalue weighted by molar-refractivity contribution is 5.81. The number of benzene rings is 2. The van der Waals surface area contributed by atoms with Crippen LogP contribution in [0.2, 0.25) is 0 Å². The normalized spacial score (nSPS) is 19.7. The number of hydrogen-bond acceptors (Lipinski definition) is 4. The first-order valence-electron chi connectivity index (χ1n) is 12.5. The Morgan fingerprint density at radius 3 is 2.26 bits per heavy atom. The van der Waals surface area contributed by atoms with Gasteiger partial charge in [0.15, 0.2) is 0 Å². The number of ether oxygens (including phenoxy) is 1. The van der Waals surface area contributed by atoms with Crippen molar-refractivity contribution in [1.82, 2.24) is 10.2 Å². The lowest BCUT2D eigenvalue weighted by atomic mass is 9.84. The lowest BCUT2D eigenvalue weighted by molar-refractivity contribution is -0.148. The fourth-order valence-corrected chi connectivity index (χ4v) is 5.31. The van der Waals surface area contributed by atoms with Crippen LogP contribution in [0.4, 0.5) is 4.79 Å². The average molecular weight is 479 g/mol. The number of aliphatic carboxylic acids is 1. The second-order valence-electron chi connectivity index (χ2n) is 9.69. The van der Waals surface area contributed by atoms with Crippen LogP contribution in [0, 0.1) is 11.3 Å². The third-order valence-corrected chi connectivity index (χ3v) is 7.76. The van der Waals surface area contributed by atoms with Gasteiger partial charge < -0.3 is 20.1 Å². The van der Waals surface area contributed by atoms with Crippen LogP contribution >= 0.6 is 0 Å². The summed E-state index contributed by atoms with van der Waals surface area (Å²) in [4.78, 5) is 38.6. The zero-order valence-corrected chi connectivity index (χ0v) is 20.5. The third kappa shape index (κ3) is 5.04. The quantitative estimate of drug-likeness (QED) is 0.547. The van der Waals surface area contributed by atoms with Crippen molar-refractivity contribution in [2.45, 2.75) is 45.4 Å². The van der Waals surface area contributed by atoms with Gasteiger partial charge in [-0.05, 0) is 41.0 Å². The van der Waals surface area contributed by atoms with E-state index in [1.807, 2.05) is 38.1 Å². The van der Waals surface area contributed by atoms with E-state index in [0.29, 0.717) is 25.9 Å². The van der Waals surface area contributed by atoms with Crippen LogP contribution < -0.4 is 5.32 Å². The number of fused-ring (bicyclic) bond motifs is 3. The minimum Gasteiger partial charge on any atom is -0.481 e. The monoisotopic (exact) mass is 478 g/mol. The number of carbonyl (C=O) groups is 3. The van der Waals surface area contributed by atoms with E-state index in [1.165, 1.54) is 11.1 Å². The second-order valence-corrected chi connectivity index (χ2v) is 9.69. The van der Waals surface area contributed by atoms with Gasteiger partial charge in [-0.3, -0.25) is 9.59 Å². The van der Waals surface area contributed by atoms with E-state index in [-0.39, 0.29) is 37.3 Å². The number of nitrogens with one attached hydrogen (secondary N) is 1. The fourth-order valence-electron chi connectivity index (χ4n) is 5.31. The Morgan fingerprint density at radius 2 is 1.71 bits per heavy atom. The number of carboxylic acid groups (broad SMARTS) is 1. The summed E-state index contributed by atoms with van der Waals surface area (Å²) in [7, 11) is 0. The van der Waals surface area contributed by atoms with E-state index in [0.717, 1.165) is 17.5 Å². The van der Waals surface area contributed by atoms with Gasteiger partial charge in [-0.15, -0.1) is 0 Å². The number of hydrogen-bond donors (Lipinski definition) is 2. The highest BCUT2D eigenvalue weighted by Crippen LogP contribution is 2.44. The molecule has 1 saturated heterocycles. The average Bonchev–Trinajstić information content (AvgIpc) is 3.46. The van der Waals surface area contributed by atoms with Crippen molar-refractivity contribution >= 4 is 18.0 Å². The molecule has 0 radical (unpaired) electrons. The van der Waals surface area contributed by atoms with E-state index in [4.69, 9.17) is 4.74 Å². The van der Waals surface area contributed by atoms with E-state index in [9.17, 15) is 19.5 Å².